The van der Waals surface area contributed by atoms with Crippen molar-refractivity contribution in [2.45, 2.75) is 33.7 Å². The summed E-state index contributed by atoms with van der Waals surface area (Å²) in [5.74, 6) is -1.07. The molecule has 0 bridgehead atoms. The zero-order valence-electron chi connectivity index (χ0n) is 11.8. The van der Waals surface area contributed by atoms with Crippen molar-refractivity contribution in [1.82, 2.24) is 15.2 Å². The smallest absolute Gasteiger partial charge is 0.277 e. The molecule has 0 atom stereocenters. The quantitative estimate of drug-likeness (QED) is 0.842. The van der Waals surface area contributed by atoms with Gasteiger partial charge in [-0.3, -0.25) is 24.8 Å². The van der Waals surface area contributed by atoms with Crippen LogP contribution < -0.4 is 5.32 Å². The highest BCUT2D eigenvalue weighted by atomic mass is 16.2. The van der Waals surface area contributed by atoms with Crippen LogP contribution in [0.15, 0.2) is 18.3 Å². The minimum atomic E-state index is -1.24. The fraction of sp³-hybridized carbons (Fsp3) is 0.429. The molecule has 4 amide bonds. The molecule has 1 aliphatic rings. The third kappa shape index (κ3) is 2.29. The Morgan fingerprint density at radius 2 is 2.00 bits per heavy atom. The van der Waals surface area contributed by atoms with Crippen molar-refractivity contribution in [3.05, 3.63) is 29.6 Å². The van der Waals surface area contributed by atoms with Gasteiger partial charge in [0.15, 0.2) is 0 Å². The van der Waals surface area contributed by atoms with Gasteiger partial charge in [-0.25, -0.2) is 4.79 Å². The van der Waals surface area contributed by atoms with Crippen molar-refractivity contribution in [2.75, 3.05) is 0 Å². The molecule has 0 unspecified atom stereocenters. The molecule has 0 spiro atoms. The maximum atomic E-state index is 12.3. The maximum absolute atomic E-state index is 12.3. The minimum absolute atomic E-state index is 0.0748. The highest BCUT2D eigenvalue weighted by Gasteiger charge is 2.47. The molecule has 1 saturated heterocycles. The lowest BCUT2D eigenvalue weighted by Gasteiger charge is -2.34. The van der Waals surface area contributed by atoms with Crippen LogP contribution in [0.2, 0.25) is 0 Å². The average Bonchev–Trinajstić information content (AvgIpc) is 2.42. The lowest BCUT2D eigenvalue weighted by atomic mass is 9.88. The van der Waals surface area contributed by atoms with Crippen molar-refractivity contribution >= 4 is 17.8 Å². The van der Waals surface area contributed by atoms with Crippen molar-refractivity contribution in [3.8, 4) is 0 Å². The largest absolute Gasteiger partial charge is 0.331 e. The standard InChI is InChI=1S/C14H17N3O3/c1-4-9-6-5-7-15-10(9)8-17-12(19)14(2,3)11(18)16-13(17)20/h5-7H,4,8H2,1-3H3,(H,16,18,20). The number of carbonyl (C=O) groups is 3. The second-order valence-electron chi connectivity index (χ2n) is 5.24. The molecule has 1 fully saturated rings. The normalized spacial score (nSPS) is 18.1. The average molecular weight is 275 g/mol. The second kappa shape index (κ2) is 5.03. The molecule has 1 aromatic rings. The Kier molecular flexibility index (Phi) is 3.57. The van der Waals surface area contributed by atoms with Gasteiger partial charge in [0.25, 0.3) is 0 Å². The van der Waals surface area contributed by atoms with Crippen molar-refractivity contribution in [2.24, 2.45) is 5.41 Å². The summed E-state index contributed by atoms with van der Waals surface area (Å²) < 4.78 is 0. The Hall–Kier alpha value is -2.24. The van der Waals surface area contributed by atoms with Crippen molar-refractivity contribution in [3.63, 3.8) is 0 Å². The number of imide groups is 2. The lowest BCUT2D eigenvalue weighted by molar-refractivity contribution is -0.149. The van der Waals surface area contributed by atoms with Crippen molar-refractivity contribution in [1.29, 1.82) is 0 Å². The molecule has 0 radical (unpaired) electrons. The number of hydrogen-bond donors (Lipinski definition) is 1. The van der Waals surface area contributed by atoms with Gasteiger partial charge in [-0.15, -0.1) is 0 Å². The van der Waals surface area contributed by atoms with E-state index in [0.717, 1.165) is 16.9 Å². The number of barbiturate groups is 1. The van der Waals surface area contributed by atoms with Gasteiger partial charge in [-0.2, -0.15) is 0 Å². The number of pyridine rings is 1. The molecule has 6 heteroatoms. The van der Waals surface area contributed by atoms with Gasteiger partial charge < -0.3 is 0 Å². The third-order valence-electron chi connectivity index (χ3n) is 3.49. The number of urea groups is 1. The van der Waals surface area contributed by atoms with Crippen LogP contribution in [0.25, 0.3) is 0 Å². The number of hydrogen-bond acceptors (Lipinski definition) is 4. The van der Waals surface area contributed by atoms with Crippen LogP contribution in [-0.4, -0.2) is 27.7 Å². The van der Waals surface area contributed by atoms with E-state index in [2.05, 4.69) is 10.3 Å². The molecule has 2 rings (SSSR count). The monoisotopic (exact) mass is 275 g/mol. The van der Waals surface area contributed by atoms with E-state index < -0.39 is 23.3 Å². The second-order valence-corrected chi connectivity index (χ2v) is 5.24. The summed E-state index contributed by atoms with van der Waals surface area (Å²) in [5.41, 5.74) is 0.404. The zero-order valence-corrected chi connectivity index (χ0v) is 11.8. The number of aromatic nitrogens is 1. The van der Waals surface area contributed by atoms with E-state index in [-0.39, 0.29) is 6.54 Å². The summed E-state index contributed by atoms with van der Waals surface area (Å²) in [6.45, 7) is 5.06. The van der Waals surface area contributed by atoms with E-state index >= 15 is 0 Å². The Morgan fingerprint density at radius 3 is 2.65 bits per heavy atom. The predicted molar refractivity (Wildman–Crippen MR) is 71.5 cm³/mol. The van der Waals surface area contributed by atoms with Gasteiger partial charge in [0, 0.05) is 6.20 Å². The van der Waals surface area contributed by atoms with Gasteiger partial charge >= 0.3 is 6.03 Å². The van der Waals surface area contributed by atoms with Crippen LogP contribution in [-0.2, 0) is 22.6 Å². The predicted octanol–water partition coefficient (Wildman–Crippen LogP) is 1.25. The molecule has 0 saturated carbocycles. The van der Waals surface area contributed by atoms with E-state index in [1.807, 2.05) is 19.1 Å². The van der Waals surface area contributed by atoms with Crippen LogP contribution in [0.4, 0.5) is 4.79 Å². The summed E-state index contributed by atoms with van der Waals surface area (Å²) in [7, 11) is 0. The van der Waals surface area contributed by atoms with Crippen LogP contribution >= 0.6 is 0 Å². The van der Waals surface area contributed by atoms with Gasteiger partial charge in [0.05, 0.1) is 12.2 Å². The fourth-order valence-corrected chi connectivity index (χ4v) is 2.08. The van der Waals surface area contributed by atoms with Crippen LogP contribution in [0.5, 0.6) is 0 Å². The Balaban J connectivity index is 2.30. The Labute approximate surface area is 117 Å². The minimum Gasteiger partial charge on any atom is -0.277 e. The van der Waals surface area contributed by atoms with Crippen LogP contribution in [0, 0.1) is 5.41 Å². The highest BCUT2D eigenvalue weighted by Crippen LogP contribution is 2.25. The molecular weight excluding hydrogens is 258 g/mol. The maximum Gasteiger partial charge on any atom is 0.331 e. The topological polar surface area (TPSA) is 79.4 Å². The molecule has 1 aliphatic heterocycles. The number of carbonyl (C=O) groups excluding carboxylic acids is 3. The van der Waals surface area contributed by atoms with E-state index in [0.29, 0.717) is 5.69 Å². The molecule has 0 aromatic carbocycles. The van der Waals surface area contributed by atoms with Gasteiger partial charge in [0.2, 0.25) is 11.8 Å². The first-order valence-electron chi connectivity index (χ1n) is 6.48. The first-order chi connectivity index (χ1) is 9.37. The van der Waals surface area contributed by atoms with E-state index in [9.17, 15) is 14.4 Å². The molecule has 0 aliphatic carbocycles. The number of nitrogens with zero attached hydrogens (tertiary/aromatic N) is 2. The van der Waals surface area contributed by atoms with Gasteiger partial charge in [0.1, 0.15) is 5.41 Å². The number of aryl methyl sites for hydroxylation is 1. The molecule has 2 heterocycles. The summed E-state index contributed by atoms with van der Waals surface area (Å²) in [5, 5.41) is 2.21. The van der Waals surface area contributed by atoms with E-state index in [4.69, 9.17) is 0 Å². The number of rotatable bonds is 3. The Bertz CT molecular complexity index is 581. The molecule has 106 valence electrons. The van der Waals surface area contributed by atoms with Crippen molar-refractivity contribution < 1.29 is 14.4 Å². The highest BCUT2D eigenvalue weighted by molar-refractivity contribution is 6.18. The van der Waals surface area contributed by atoms with Gasteiger partial charge in [-0.1, -0.05) is 13.0 Å². The molecule has 20 heavy (non-hydrogen) atoms. The first-order valence-corrected chi connectivity index (χ1v) is 6.48. The SMILES string of the molecule is CCc1cccnc1CN1C(=O)NC(=O)C(C)(C)C1=O. The Morgan fingerprint density at radius 1 is 1.30 bits per heavy atom. The molecule has 1 N–H and O–H groups in total. The number of nitrogens with one attached hydrogen (secondary N) is 1. The van der Waals surface area contributed by atoms with Gasteiger partial charge in [-0.05, 0) is 31.9 Å². The summed E-state index contributed by atoms with van der Waals surface area (Å²) in [6, 6.07) is 3.03. The zero-order chi connectivity index (χ0) is 14.9. The summed E-state index contributed by atoms with van der Waals surface area (Å²) in [6.07, 6.45) is 2.38. The molecule has 1 aromatic heterocycles. The fourth-order valence-electron chi connectivity index (χ4n) is 2.08. The molecular formula is C14H17N3O3. The lowest BCUT2D eigenvalue weighted by Crippen LogP contribution is -2.61. The summed E-state index contributed by atoms with van der Waals surface area (Å²) >= 11 is 0. The molecule has 6 nitrogen and oxygen atoms in total. The van der Waals surface area contributed by atoms with Crippen LogP contribution in [0.3, 0.4) is 0 Å². The first kappa shape index (κ1) is 14.2. The summed E-state index contributed by atoms with van der Waals surface area (Å²) in [4.78, 5) is 41.1. The van der Waals surface area contributed by atoms with Crippen LogP contribution in [0.1, 0.15) is 32.0 Å². The third-order valence-corrected chi connectivity index (χ3v) is 3.49. The van der Waals surface area contributed by atoms with E-state index in [1.54, 1.807) is 6.20 Å². The number of amides is 4. The van der Waals surface area contributed by atoms with E-state index in [1.165, 1.54) is 13.8 Å².